The Kier molecular flexibility index (Phi) is 6.96. The first-order valence-electron chi connectivity index (χ1n) is 12.8. The maximum atomic E-state index is 13.7. The number of pyridine rings is 1. The summed E-state index contributed by atoms with van der Waals surface area (Å²) in [5, 5.41) is 20.2. The van der Waals surface area contributed by atoms with Crippen LogP contribution in [0.25, 0.3) is 11.1 Å². The number of anilines is 1. The van der Waals surface area contributed by atoms with Crippen molar-refractivity contribution in [2.24, 2.45) is 7.05 Å². The van der Waals surface area contributed by atoms with E-state index in [1.54, 1.807) is 25.5 Å². The average molecular weight is 511 g/mol. The number of benzene rings is 2. The first kappa shape index (κ1) is 25.2. The fourth-order valence-electron chi connectivity index (χ4n) is 5.45. The predicted octanol–water partition coefficient (Wildman–Crippen LogP) is 4.09. The summed E-state index contributed by atoms with van der Waals surface area (Å²) in [6.07, 6.45) is 5.89. The Balaban J connectivity index is 1.42. The van der Waals surface area contributed by atoms with E-state index in [2.05, 4.69) is 27.9 Å². The molecule has 0 saturated heterocycles. The van der Waals surface area contributed by atoms with E-state index >= 15 is 0 Å². The summed E-state index contributed by atoms with van der Waals surface area (Å²) in [5.41, 5.74) is 6.99. The molecule has 1 aliphatic carbocycles. The van der Waals surface area contributed by atoms with Crippen LogP contribution in [0.2, 0.25) is 0 Å². The Morgan fingerprint density at radius 2 is 1.84 bits per heavy atom. The highest BCUT2D eigenvalue weighted by Gasteiger charge is 2.34. The molecule has 2 heterocycles. The molecule has 0 fully saturated rings. The third kappa shape index (κ3) is 4.89. The lowest BCUT2D eigenvalue weighted by Gasteiger charge is -2.32. The number of hydrogen-bond acceptors (Lipinski definition) is 4. The molecular formula is C30H32N5O3+. The molecule has 0 spiro atoms. The summed E-state index contributed by atoms with van der Waals surface area (Å²) < 4.78 is 2.61. The lowest BCUT2D eigenvalue weighted by Crippen LogP contribution is -2.48. The van der Waals surface area contributed by atoms with E-state index in [1.165, 1.54) is 10.2 Å². The molecule has 2 aromatic heterocycles. The maximum Gasteiger partial charge on any atom is 0.270 e. The van der Waals surface area contributed by atoms with Crippen molar-refractivity contribution in [2.75, 3.05) is 5.32 Å². The van der Waals surface area contributed by atoms with Gasteiger partial charge >= 0.3 is 0 Å². The monoisotopic (exact) mass is 510 g/mol. The minimum atomic E-state index is -0.759. The summed E-state index contributed by atoms with van der Waals surface area (Å²) >= 11 is 0. The predicted molar refractivity (Wildman–Crippen MR) is 144 cm³/mol. The minimum Gasteiger partial charge on any atom is -0.338 e. The number of nitrogens with zero attached hydrogens (tertiary/aromatic N) is 3. The van der Waals surface area contributed by atoms with Crippen LogP contribution in [0.15, 0.2) is 73.1 Å². The van der Waals surface area contributed by atoms with Crippen LogP contribution in [0.1, 0.15) is 51.6 Å². The molecule has 4 aromatic rings. The fraction of sp³-hybridized carbons (Fsp3) is 0.267. The van der Waals surface area contributed by atoms with Gasteiger partial charge in [-0.05, 0) is 66.6 Å². The van der Waals surface area contributed by atoms with Crippen molar-refractivity contribution >= 4 is 17.5 Å². The number of carbonyl (C=O) groups is 2. The number of aryl methyl sites for hydroxylation is 3. The maximum absolute atomic E-state index is 13.7. The number of rotatable bonds is 6. The Morgan fingerprint density at radius 1 is 1.08 bits per heavy atom. The minimum absolute atomic E-state index is 0.147. The van der Waals surface area contributed by atoms with Crippen LogP contribution >= 0.6 is 0 Å². The molecule has 2 amide bonds. The van der Waals surface area contributed by atoms with Crippen molar-refractivity contribution in [2.45, 2.75) is 45.1 Å². The number of hydrogen-bond donors (Lipinski definition) is 3. The normalized spacial score (nSPS) is 15.4. The molecule has 1 aliphatic rings. The first-order chi connectivity index (χ1) is 18.3. The van der Waals surface area contributed by atoms with Gasteiger partial charge < -0.3 is 10.6 Å². The highest BCUT2D eigenvalue weighted by molar-refractivity contribution is 6.01. The quantitative estimate of drug-likeness (QED) is 0.269. The molecule has 38 heavy (non-hydrogen) atoms. The van der Waals surface area contributed by atoms with Crippen LogP contribution in [0.4, 0.5) is 5.69 Å². The van der Waals surface area contributed by atoms with Crippen LogP contribution in [-0.4, -0.2) is 32.8 Å². The van der Waals surface area contributed by atoms with Crippen LogP contribution in [0.5, 0.6) is 0 Å². The second-order valence-corrected chi connectivity index (χ2v) is 9.86. The molecule has 8 nitrogen and oxygen atoms in total. The van der Waals surface area contributed by atoms with Gasteiger partial charge in [0.1, 0.15) is 11.7 Å². The fourth-order valence-corrected chi connectivity index (χ4v) is 5.45. The molecule has 0 bridgehead atoms. The molecule has 2 atom stereocenters. The molecule has 2 aromatic carbocycles. The summed E-state index contributed by atoms with van der Waals surface area (Å²) in [4.78, 5) is 26.9. The summed E-state index contributed by atoms with van der Waals surface area (Å²) in [5.74, 6) is -0.753. The van der Waals surface area contributed by atoms with Gasteiger partial charge in [-0.2, -0.15) is 5.10 Å². The van der Waals surface area contributed by atoms with Gasteiger partial charge in [-0.3, -0.25) is 19.5 Å². The van der Waals surface area contributed by atoms with Crippen molar-refractivity contribution < 1.29 is 19.5 Å². The van der Waals surface area contributed by atoms with E-state index in [0.29, 0.717) is 11.4 Å². The second kappa shape index (κ2) is 10.5. The van der Waals surface area contributed by atoms with Crippen molar-refractivity contribution in [1.82, 2.24) is 15.1 Å². The van der Waals surface area contributed by atoms with E-state index in [4.69, 9.17) is 0 Å². The Hall–Kier alpha value is -4.46. The molecule has 5 rings (SSSR count). The SMILES string of the molecule is Cc1cc[n+](O)c(C)c1-c1ccc(NC(=O)C(NC(=O)c2ccnn2C)C2CCCc3ccccc32)cc1. The summed E-state index contributed by atoms with van der Waals surface area (Å²) in [6.45, 7) is 3.85. The zero-order valence-electron chi connectivity index (χ0n) is 21.8. The van der Waals surface area contributed by atoms with Crippen LogP contribution in [0, 0.1) is 13.8 Å². The van der Waals surface area contributed by atoms with Gasteiger partial charge in [-0.1, -0.05) is 36.4 Å². The van der Waals surface area contributed by atoms with Crippen LogP contribution in [-0.2, 0) is 18.3 Å². The van der Waals surface area contributed by atoms with E-state index in [9.17, 15) is 14.8 Å². The summed E-state index contributed by atoms with van der Waals surface area (Å²) in [6, 6.07) is 18.4. The van der Waals surface area contributed by atoms with E-state index < -0.39 is 6.04 Å². The third-order valence-corrected chi connectivity index (χ3v) is 7.45. The molecular weight excluding hydrogens is 478 g/mol. The highest BCUT2D eigenvalue weighted by atomic mass is 16.5. The number of aromatic nitrogens is 3. The number of amides is 2. The van der Waals surface area contributed by atoms with Crippen LogP contribution in [0.3, 0.4) is 0 Å². The number of nitrogens with one attached hydrogen (secondary N) is 2. The largest absolute Gasteiger partial charge is 0.338 e. The van der Waals surface area contributed by atoms with Gasteiger partial charge in [0.15, 0.2) is 0 Å². The molecule has 2 unspecified atom stereocenters. The van der Waals surface area contributed by atoms with Gasteiger partial charge in [0.25, 0.3) is 5.91 Å². The van der Waals surface area contributed by atoms with Crippen molar-refractivity contribution in [1.29, 1.82) is 0 Å². The molecule has 8 heteroatoms. The van der Waals surface area contributed by atoms with Crippen LogP contribution < -0.4 is 15.4 Å². The van der Waals surface area contributed by atoms with Gasteiger partial charge in [0.2, 0.25) is 17.8 Å². The Bertz CT molecular complexity index is 1490. The standard InChI is InChI=1S/C30H31N5O3/c1-19-16-18-35(38)20(2)27(19)22-11-13-23(14-12-22)32-30(37)28(33-29(36)26-15-17-31-34(26)3)25-10-6-8-21-7-4-5-9-24(21)25/h4-5,7,9,11-18,25,28H,6,8,10H2,1-3H3,(H2-,32,33,36,37,38)/p+1. The van der Waals surface area contributed by atoms with E-state index in [-0.39, 0.29) is 17.7 Å². The average Bonchev–Trinajstić information content (AvgIpc) is 3.36. The molecule has 0 aliphatic heterocycles. The van der Waals surface area contributed by atoms with Crippen molar-refractivity contribution in [3.63, 3.8) is 0 Å². The highest BCUT2D eigenvalue weighted by Crippen LogP contribution is 2.35. The zero-order chi connectivity index (χ0) is 26.8. The van der Waals surface area contributed by atoms with E-state index in [0.717, 1.165) is 51.9 Å². The second-order valence-electron chi connectivity index (χ2n) is 9.86. The first-order valence-corrected chi connectivity index (χ1v) is 12.8. The lowest BCUT2D eigenvalue weighted by molar-refractivity contribution is -0.908. The Morgan fingerprint density at radius 3 is 2.58 bits per heavy atom. The van der Waals surface area contributed by atoms with Gasteiger partial charge in [-0.15, -0.1) is 0 Å². The molecule has 3 N–H and O–H groups in total. The third-order valence-electron chi connectivity index (χ3n) is 7.45. The smallest absolute Gasteiger partial charge is 0.270 e. The number of fused-ring (bicyclic) bond motifs is 1. The molecule has 0 saturated carbocycles. The van der Waals surface area contributed by atoms with Crippen molar-refractivity contribution in [3.8, 4) is 11.1 Å². The van der Waals surface area contributed by atoms with Gasteiger partial charge in [-0.25, -0.2) is 0 Å². The zero-order valence-corrected chi connectivity index (χ0v) is 21.8. The molecule has 0 radical (unpaired) electrons. The number of carbonyl (C=O) groups excluding carboxylic acids is 2. The summed E-state index contributed by atoms with van der Waals surface area (Å²) in [7, 11) is 1.70. The van der Waals surface area contributed by atoms with Crippen molar-refractivity contribution in [3.05, 3.63) is 101 Å². The lowest BCUT2D eigenvalue weighted by atomic mass is 9.78. The molecule has 194 valence electrons. The van der Waals surface area contributed by atoms with Gasteiger partial charge in [0, 0.05) is 42.6 Å². The topological polar surface area (TPSA) is 100 Å². The van der Waals surface area contributed by atoms with Gasteiger partial charge in [0.05, 0.1) is 5.56 Å². The van der Waals surface area contributed by atoms with E-state index in [1.807, 2.05) is 56.3 Å². The Labute approximate surface area is 221 Å².